The minimum absolute atomic E-state index is 0.304. The van der Waals surface area contributed by atoms with Crippen molar-refractivity contribution in [2.75, 3.05) is 0 Å². The number of benzene rings is 1. The summed E-state index contributed by atoms with van der Waals surface area (Å²) in [6.07, 6.45) is 3.30. The first-order chi connectivity index (χ1) is 14.6. The second-order valence-electron chi connectivity index (χ2n) is 7.15. The highest BCUT2D eigenvalue weighted by Crippen LogP contribution is 2.11. The van der Waals surface area contributed by atoms with E-state index < -0.39 is 0 Å². The molecule has 0 saturated heterocycles. The van der Waals surface area contributed by atoms with Crippen LogP contribution in [0.15, 0.2) is 58.3 Å². The highest BCUT2D eigenvalue weighted by atomic mass is 19.1. The number of nitrogens with zero attached hydrogens (tertiary/aromatic N) is 4. The van der Waals surface area contributed by atoms with Gasteiger partial charge in [0.05, 0.1) is 0 Å². The molecule has 0 bridgehead atoms. The van der Waals surface area contributed by atoms with Gasteiger partial charge in [-0.25, -0.2) is 14.2 Å². The van der Waals surface area contributed by atoms with Gasteiger partial charge in [0.25, 0.3) is 5.56 Å². The number of fused-ring (bicyclic) bond motifs is 1. The number of halogens is 1. The van der Waals surface area contributed by atoms with Gasteiger partial charge in [0.15, 0.2) is 5.65 Å². The highest BCUT2D eigenvalue weighted by Gasteiger charge is 2.17. The Labute approximate surface area is 171 Å². The Bertz CT molecular complexity index is 1270. The second-order valence-corrected chi connectivity index (χ2v) is 7.15. The van der Waals surface area contributed by atoms with Crippen molar-refractivity contribution in [2.45, 2.75) is 39.3 Å². The number of hydrogen-bond donors (Lipinski definition) is 1. The molecule has 0 atom stereocenters. The molecular weight excluding hydrogens is 385 g/mol. The van der Waals surface area contributed by atoms with Gasteiger partial charge in [0.1, 0.15) is 17.2 Å². The summed E-state index contributed by atoms with van der Waals surface area (Å²) < 4.78 is 15.9. The Morgan fingerprint density at radius 3 is 2.53 bits per heavy atom. The van der Waals surface area contributed by atoms with E-state index >= 15 is 0 Å². The van der Waals surface area contributed by atoms with Crippen LogP contribution in [0.1, 0.15) is 30.4 Å². The van der Waals surface area contributed by atoms with E-state index in [0.717, 1.165) is 11.3 Å². The fraction of sp³-hybridized carbons (Fsp3) is 0.273. The molecule has 154 valence electrons. The summed E-state index contributed by atoms with van der Waals surface area (Å²) >= 11 is 0. The summed E-state index contributed by atoms with van der Waals surface area (Å²) in [6.45, 7) is 2.58. The van der Waals surface area contributed by atoms with E-state index in [2.05, 4.69) is 15.0 Å². The summed E-state index contributed by atoms with van der Waals surface area (Å²) in [5, 5.41) is 0. The van der Waals surface area contributed by atoms with Crippen molar-refractivity contribution in [3.63, 3.8) is 0 Å². The lowest BCUT2D eigenvalue weighted by atomic mass is 10.1. The van der Waals surface area contributed by atoms with Gasteiger partial charge in [-0.15, -0.1) is 0 Å². The Balaban J connectivity index is 1.76. The predicted molar refractivity (Wildman–Crippen MR) is 112 cm³/mol. The van der Waals surface area contributed by atoms with Gasteiger partial charge < -0.3 is 4.98 Å². The lowest BCUT2D eigenvalue weighted by molar-refractivity contribution is 0.559. The number of pyridine rings is 1. The number of H-pyrrole nitrogens is 1. The Hall–Kier alpha value is -3.55. The van der Waals surface area contributed by atoms with Crippen LogP contribution in [-0.4, -0.2) is 24.1 Å². The molecular formula is C22H22FN5O2. The number of nitrogens with one attached hydrogen (secondary N) is 1. The second kappa shape index (κ2) is 8.44. The monoisotopic (exact) mass is 407 g/mol. The van der Waals surface area contributed by atoms with Gasteiger partial charge in [0.2, 0.25) is 0 Å². The van der Waals surface area contributed by atoms with E-state index in [1.165, 1.54) is 21.3 Å². The number of aromatic nitrogens is 5. The molecule has 4 rings (SSSR count). The molecule has 0 aliphatic heterocycles. The molecule has 3 aromatic heterocycles. The molecule has 30 heavy (non-hydrogen) atoms. The number of hydrogen-bond acceptors (Lipinski definition) is 4. The van der Waals surface area contributed by atoms with E-state index in [1.54, 1.807) is 18.3 Å². The molecule has 1 aromatic carbocycles. The molecule has 4 aromatic rings. The van der Waals surface area contributed by atoms with E-state index in [1.807, 2.05) is 25.1 Å². The van der Waals surface area contributed by atoms with E-state index in [9.17, 15) is 14.0 Å². The summed E-state index contributed by atoms with van der Waals surface area (Å²) in [7, 11) is 0. The van der Waals surface area contributed by atoms with Gasteiger partial charge in [-0.3, -0.25) is 18.9 Å². The normalized spacial score (nSPS) is 11.3. The van der Waals surface area contributed by atoms with Gasteiger partial charge in [-0.05, 0) is 42.7 Å². The van der Waals surface area contributed by atoms with Gasteiger partial charge in [0, 0.05) is 31.4 Å². The third-order valence-corrected chi connectivity index (χ3v) is 4.97. The molecule has 0 radical (unpaired) electrons. The molecule has 0 saturated carbocycles. The largest absolute Gasteiger partial charge is 0.336 e. The molecule has 1 N–H and O–H groups in total. The predicted octanol–water partition coefficient (Wildman–Crippen LogP) is 2.66. The summed E-state index contributed by atoms with van der Waals surface area (Å²) in [4.78, 5) is 37.9. The van der Waals surface area contributed by atoms with Crippen molar-refractivity contribution in [1.29, 1.82) is 0 Å². The van der Waals surface area contributed by atoms with Crippen molar-refractivity contribution >= 4 is 11.2 Å². The average molecular weight is 407 g/mol. The lowest BCUT2D eigenvalue weighted by Gasteiger charge is -2.10. The highest BCUT2D eigenvalue weighted by molar-refractivity contribution is 5.70. The number of rotatable bonds is 7. The Kier molecular flexibility index (Phi) is 5.56. The minimum atomic E-state index is -0.382. The molecule has 0 aliphatic rings. The SMILES string of the molecule is CCCn1c(=O)c2[nH]c(Cc3ccccn3)nc2n(CCc2ccc(F)cc2)c1=O. The smallest absolute Gasteiger partial charge is 0.332 e. The van der Waals surface area contributed by atoms with E-state index in [-0.39, 0.29) is 17.1 Å². The van der Waals surface area contributed by atoms with Crippen molar-refractivity contribution in [2.24, 2.45) is 0 Å². The lowest BCUT2D eigenvalue weighted by Crippen LogP contribution is -2.40. The Morgan fingerprint density at radius 2 is 1.83 bits per heavy atom. The zero-order valence-electron chi connectivity index (χ0n) is 16.6. The molecule has 7 nitrogen and oxygen atoms in total. The third-order valence-electron chi connectivity index (χ3n) is 4.97. The van der Waals surface area contributed by atoms with Crippen LogP contribution in [0.3, 0.4) is 0 Å². The zero-order valence-corrected chi connectivity index (χ0v) is 16.6. The number of aryl methyl sites for hydroxylation is 2. The van der Waals surface area contributed by atoms with Crippen molar-refractivity contribution < 1.29 is 4.39 Å². The topological polar surface area (TPSA) is 85.6 Å². The zero-order chi connectivity index (χ0) is 21.1. The first-order valence-electron chi connectivity index (χ1n) is 9.93. The number of aromatic amines is 1. The molecule has 0 aliphatic carbocycles. The molecule has 0 fully saturated rings. The quantitative estimate of drug-likeness (QED) is 0.510. The van der Waals surface area contributed by atoms with Crippen molar-refractivity contribution in [3.8, 4) is 0 Å². The van der Waals surface area contributed by atoms with Gasteiger partial charge in [-0.1, -0.05) is 25.1 Å². The average Bonchev–Trinajstić information content (AvgIpc) is 3.17. The van der Waals surface area contributed by atoms with Crippen LogP contribution in [0.5, 0.6) is 0 Å². The van der Waals surface area contributed by atoms with Crippen LogP contribution in [0.25, 0.3) is 11.2 Å². The molecule has 8 heteroatoms. The standard InChI is InChI=1S/C22H22FN5O2/c1-2-12-28-21(29)19-20(26-18(25-19)14-17-5-3-4-11-24-17)27(22(28)30)13-10-15-6-8-16(23)9-7-15/h3-9,11H,2,10,12-14H2,1H3,(H,25,26). The van der Waals surface area contributed by atoms with Crippen LogP contribution in [0, 0.1) is 5.82 Å². The molecule has 3 heterocycles. The fourth-order valence-corrected chi connectivity index (χ4v) is 3.49. The maximum Gasteiger partial charge on any atom is 0.332 e. The van der Waals surface area contributed by atoms with Crippen molar-refractivity contribution in [3.05, 3.63) is 92.4 Å². The number of imidazole rings is 1. The van der Waals surface area contributed by atoms with Crippen molar-refractivity contribution in [1.82, 2.24) is 24.1 Å². The first-order valence-corrected chi connectivity index (χ1v) is 9.93. The Morgan fingerprint density at radius 1 is 1.03 bits per heavy atom. The molecule has 0 spiro atoms. The third kappa shape index (κ3) is 3.94. The maximum absolute atomic E-state index is 13.2. The molecule has 0 unspecified atom stereocenters. The van der Waals surface area contributed by atoms with E-state index in [4.69, 9.17) is 0 Å². The van der Waals surface area contributed by atoms with Crippen LogP contribution >= 0.6 is 0 Å². The van der Waals surface area contributed by atoms with Crippen LogP contribution < -0.4 is 11.2 Å². The van der Waals surface area contributed by atoms with Gasteiger partial charge >= 0.3 is 5.69 Å². The summed E-state index contributed by atoms with van der Waals surface area (Å²) in [6, 6.07) is 11.8. The minimum Gasteiger partial charge on any atom is -0.336 e. The van der Waals surface area contributed by atoms with E-state index in [0.29, 0.717) is 49.3 Å². The van der Waals surface area contributed by atoms with Gasteiger partial charge in [-0.2, -0.15) is 0 Å². The van der Waals surface area contributed by atoms with Crippen LogP contribution in [0.2, 0.25) is 0 Å². The summed E-state index contributed by atoms with van der Waals surface area (Å²) in [5.74, 6) is 0.270. The van der Waals surface area contributed by atoms with Crippen LogP contribution in [-0.2, 0) is 25.9 Å². The summed E-state index contributed by atoms with van der Waals surface area (Å²) in [5.41, 5.74) is 1.61. The first kappa shape index (κ1) is 19.8. The van der Waals surface area contributed by atoms with Crippen LogP contribution in [0.4, 0.5) is 4.39 Å². The maximum atomic E-state index is 13.2. The molecule has 0 amide bonds. The fourth-order valence-electron chi connectivity index (χ4n) is 3.49.